The maximum Gasteiger partial charge on any atom is 0.315 e. The zero-order chi connectivity index (χ0) is 10.6. The van der Waals surface area contributed by atoms with Gasteiger partial charge in [0.2, 0.25) is 11.8 Å². The number of hydrogen-bond donors (Lipinski definition) is 2. The molecular formula is C8H14N4O2. The molecule has 14 heavy (non-hydrogen) atoms. The van der Waals surface area contributed by atoms with Gasteiger partial charge in [-0.1, -0.05) is 5.10 Å². The largest absolute Gasteiger partial charge is 0.408 e. The van der Waals surface area contributed by atoms with Gasteiger partial charge in [0.05, 0.1) is 0 Å². The fraction of sp³-hybridized carbons (Fsp3) is 0.625. The number of anilines is 1. The second-order valence-electron chi connectivity index (χ2n) is 3.06. The van der Waals surface area contributed by atoms with Gasteiger partial charge in [-0.3, -0.25) is 4.79 Å². The minimum Gasteiger partial charge on any atom is -0.408 e. The summed E-state index contributed by atoms with van der Waals surface area (Å²) in [5, 5.41) is 13.0. The van der Waals surface area contributed by atoms with Crippen LogP contribution < -0.4 is 10.6 Å². The molecule has 0 bridgehead atoms. The molecule has 6 nitrogen and oxygen atoms in total. The first-order valence-corrected chi connectivity index (χ1v) is 4.39. The van der Waals surface area contributed by atoms with Crippen molar-refractivity contribution in [2.24, 2.45) is 0 Å². The number of carbonyl (C=O) groups excluding carboxylic acids is 1. The lowest BCUT2D eigenvalue weighted by molar-refractivity contribution is -0.119. The minimum atomic E-state index is -0.0640. The molecule has 0 fully saturated rings. The maximum atomic E-state index is 10.7. The van der Waals surface area contributed by atoms with Crippen LogP contribution in [0.25, 0.3) is 0 Å². The lowest BCUT2D eigenvalue weighted by Gasteiger charge is -2.08. The lowest BCUT2D eigenvalue weighted by atomic mass is 10.2. The van der Waals surface area contributed by atoms with Crippen molar-refractivity contribution in [1.82, 2.24) is 15.5 Å². The van der Waals surface area contributed by atoms with E-state index in [1.54, 1.807) is 7.05 Å². The molecule has 0 aliphatic heterocycles. The molecule has 1 rings (SSSR count). The molecule has 1 atom stereocenters. The molecule has 1 heterocycles. The highest BCUT2D eigenvalue weighted by Crippen LogP contribution is 2.06. The van der Waals surface area contributed by atoms with E-state index in [-0.39, 0.29) is 11.9 Å². The van der Waals surface area contributed by atoms with Gasteiger partial charge in [-0.2, -0.15) is 0 Å². The summed E-state index contributed by atoms with van der Waals surface area (Å²) in [4.78, 5) is 10.7. The highest BCUT2D eigenvalue weighted by molar-refractivity contribution is 5.73. The van der Waals surface area contributed by atoms with E-state index in [4.69, 9.17) is 4.42 Å². The zero-order valence-corrected chi connectivity index (χ0v) is 8.50. The quantitative estimate of drug-likeness (QED) is 0.721. The Morgan fingerprint density at radius 3 is 2.79 bits per heavy atom. The van der Waals surface area contributed by atoms with E-state index in [0.717, 1.165) is 0 Å². The first kappa shape index (κ1) is 10.5. The molecule has 1 aromatic rings. The topological polar surface area (TPSA) is 80.0 Å². The van der Waals surface area contributed by atoms with Gasteiger partial charge in [0.15, 0.2) is 0 Å². The molecule has 0 radical (unpaired) electrons. The summed E-state index contributed by atoms with van der Waals surface area (Å²) < 4.78 is 5.20. The van der Waals surface area contributed by atoms with Gasteiger partial charge in [-0.05, 0) is 6.92 Å². The fourth-order valence-electron chi connectivity index (χ4n) is 1.10. The van der Waals surface area contributed by atoms with Crippen LogP contribution >= 0.6 is 0 Å². The van der Waals surface area contributed by atoms with E-state index in [1.165, 1.54) is 6.92 Å². The molecule has 2 N–H and O–H groups in total. The van der Waals surface area contributed by atoms with E-state index in [9.17, 15) is 4.79 Å². The number of nitrogens with one attached hydrogen (secondary N) is 2. The van der Waals surface area contributed by atoms with Crippen LogP contribution in [0.15, 0.2) is 4.42 Å². The van der Waals surface area contributed by atoms with Gasteiger partial charge in [-0.15, -0.1) is 5.10 Å². The summed E-state index contributed by atoms with van der Waals surface area (Å²) in [5.41, 5.74) is 0. The van der Waals surface area contributed by atoms with Crippen molar-refractivity contribution < 1.29 is 9.21 Å². The van der Waals surface area contributed by atoms with Gasteiger partial charge in [0, 0.05) is 26.4 Å². The second kappa shape index (κ2) is 4.59. The minimum absolute atomic E-state index is 0.00217. The molecule has 0 aliphatic rings. The van der Waals surface area contributed by atoms with Gasteiger partial charge in [0.25, 0.3) is 0 Å². The molecule has 78 valence electrons. The number of hydrogen-bond acceptors (Lipinski definition) is 5. The second-order valence-corrected chi connectivity index (χ2v) is 3.06. The van der Waals surface area contributed by atoms with Crippen LogP contribution in [-0.4, -0.2) is 29.2 Å². The van der Waals surface area contributed by atoms with E-state index >= 15 is 0 Å². The van der Waals surface area contributed by atoms with Crippen molar-refractivity contribution in [3.8, 4) is 0 Å². The van der Waals surface area contributed by atoms with Crippen LogP contribution in [0.5, 0.6) is 0 Å². The molecule has 0 spiro atoms. The maximum absolute atomic E-state index is 10.7. The van der Waals surface area contributed by atoms with Gasteiger partial charge < -0.3 is 15.1 Å². The first-order valence-electron chi connectivity index (χ1n) is 4.39. The zero-order valence-electron chi connectivity index (χ0n) is 8.50. The van der Waals surface area contributed by atoms with Crippen molar-refractivity contribution in [2.75, 3.05) is 12.4 Å². The Balaban J connectivity index is 2.47. The Labute approximate surface area is 82.1 Å². The number of amides is 1. The third-order valence-corrected chi connectivity index (χ3v) is 1.61. The van der Waals surface area contributed by atoms with Crippen LogP contribution in [0.2, 0.25) is 0 Å². The molecule has 0 saturated heterocycles. The highest BCUT2D eigenvalue weighted by Gasteiger charge is 2.10. The number of rotatable bonds is 4. The van der Waals surface area contributed by atoms with Gasteiger partial charge in [0.1, 0.15) is 0 Å². The van der Waals surface area contributed by atoms with Gasteiger partial charge >= 0.3 is 6.01 Å². The molecule has 1 aromatic heterocycles. The van der Waals surface area contributed by atoms with Crippen LogP contribution in [-0.2, 0) is 11.2 Å². The number of aromatic nitrogens is 2. The van der Waals surface area contributed by atoms with E-state index < -0.39 is 0 Å². The standard InChI is InChI=1S/C8H14N4O2/c1-5(10-6(2)13)4-7-11-12-8(9-3)14-7/h5H,4H2,1-3H3,(H,9,12)(H,10,13). The van der Waals surface area contributed by atoms with Crippen LogP contribution in [0.1, 0.15) is 19.7 Å². The first-order chi connectivity index (χ1) is 6.61. The Morgan fingerprint density at radius 1 is 1.57 bits per heavy atom. The Bertz CT molecular complexity index is 310. The summed E-state index contributed by atoms with van der Waals surface area (Å²) in [6.45, 7) is 3.36. The number of carbonyl (C=O) groups is 1. The summed E-state index contributed by atoms with van der Waals surface area (Å²) in [6.07, 6.45) is 0.536. The average molecular weight is 198 g/mol. The SMILES string of the molecule is CNc1nnc(CC(C)NC(C)=O)o1. The fourth-order valence-corrected chi connectivity index (χ4v) is 1.10. The molecule has 0 aromatic carbocycles. The lowest BCUT2D eigenvalue weighted by Crippen LogP contribution is -2.32. The normalized spacial score (nSPS) is 12.2. The Hall–Kier alpha value is -1.59. The van der Waals surface area contributed by atoms with Crippen LogP contribution in [0.3, 0.4) is 0 Å². The predicted octanol–water partition coefficient (Wildman–Crippen LogP) is 0.178. The number of nitrogens with zero attached hydrogens (tertiary/aromatic N) is 2. The predicted molar refractivity (Wildman–Crippen MR) is 50.8 cm³/mol. The third-order valence-electron chi connectivity index (χ3n) is 1.61. The molecule has 6 heteroatoms. The summed E-state index contributed by atoms with van der Waals surface area (Å²) in [7, 11) is 1.70. The molecule has 1 amide bonds. The van der Waals surface area contributed by atoms with Crippen molar-refractivity contribution in [2.45, 2.75) is 26.3 Å². The Morgan fingerprint density at radius 2 is 2.29 bits per heavy atom. The molecule has 0 saturated carbocycles. The van der Waals surface area contributed by atoms with E-state index in [2.05, 4.69) is 20.8 Å². The highest BCUT2D eigenvalue weighted by atomic mass is 16.4. The summed E-state index contributed by atoms with van der Waals surface area (Å²) >= 11 is 0. The van der Waals surface area contributed by atoms with E-state index in [0.29, 0.717) is 18.3 Å². The average Bonchev–Trinajstić information content (AvgIpc) is 2.50. The van der Waals surface area contributed by atoms with Crippen molar-refractivity contribution in [3.05, 3.63) is 5.89 Å². The van der Waals surface area contributed by atoms with Crippen molar-refractivity contribution in [1.29, 1.82) is 0 Å². The monoisotopic (exact) mass is 198 g/mol. The van der Waals surface area contributed by atoms with E-state index in [1.807, 2.05) is 6.92 Å². The summed E-state index contributed by atoms with van der Waals surface area (Å²) in [5.74, 6) is 0.446. The molecule has 1 unspecified atom stereocenters. The Kier molecular flexibility index (Phi) is 3.44. The van der Waals surface area contributed by atoms with Crippen LogP contribution in [0, 0.1) is 0 Å². The molecular weight excluding hydrogens is 184 g/mol. The van der Waals surface area contributed by atoms with Crippen LogP contribution in [0.4, 0.5) is 6.01 Å². The summed E-state index contributed by atoms with van der Waals surface area (Å²) in [6, 6.07) is 0.382. The smallest absolute Gasteiger partial charge is 0.315 e. The third kappa shape index (κ3) is 3.04. The molecule has 0 aliphatic carbocycles. The van der Waals surface area contributed by atoms with Gasteiger partial charge in [-0.25, -0.2) is 0 Å². The van der Waals surface area contributed by atoms with Crippen molar-refractivity contribution in [3.63, 3.8) is 0 Å². The van der Waals surface area contributed by atoms with Crippen molar-refractivity contribution >= 4 is 11.9 Å².